The summed E-state index contributed by atoms with van der Waals surface area (Å²) in [6, 6.07) is 21.7. The fraction of sp³-hybridized carbons (Fsp3) is 0.333. The Balaban J connectivity index is 1.55. The van der Waals surface area contributed by atoms with Crippen molar-refractivity contribution in [2.75, 3.05) is 51.3 Å². The van der Waals surface area contributed by atoms with Gasteiger partial charge in [0, 0.05) is 42.5 Å². The highest BCUT2D eigenvalue weighted by Gasteiger charge is 2.44. The number of carbonyl (C=O) groups is 2. The van der Waals surface area contributed by atoms with Gasteiger partial charge in [0.15, 0.2) is 0 Å². The highest BCUT2D eigenvalue weighted by atomic mass is 35.5. The van der Waals surface area contributed by atoms with Gasteiger partial charge in [0.05, 0.1) is 31.8 Å². The van der Waals surface area contributed by atoms with E-state index in [0.29, 0.717) is 49.2 Å². The number of hydrogen-bond donors (Lipinski definition) is 1. The molecule has 8 heteroatoms. The highest BCUT2D eigenvalue weighted by molar-refractivity contribution is 6.30. The summed E-state index contributed by atoms with van der Waals surface area (Å²) in [7, 11) is 0. The lowest BCUT2D eigenvalue weighted by Crippen LogP contribution is -2.49. The number of hydrogen-bond acceptors (Lipinski definition) is 5. The Morgan fingerprint density at radius 1 is 1.03 bits per heavy atom. The lowest BCUT2D eigenvalue weighted by Gasteiger charge is -2.42. The van der Waals surface area contributed by atoms with Gasteiger partial charge in [-0.05, 0) is 54.4 Å². The number of ether oxygens (including phenoxy) is 2. The maximum Gasteiger partial charge on any atom is 0.254 e. The number of carbonyl (C=O) groups excluding carboxylic acids is 2. The van der Waals surface area contributed by atoms with Gasteiger partial charge in [-0.15, -0.1) is 0 Å². The standard InChI is InChI=1S/C30H32ClN3O4/c1-2-38-24-12-10-21(11-13-24)28-27(29(35)32-23-7-5-6-22(31)20-23)25-8-3-4-9-26(25)30(36)34(28)15-14-33-16-18-37-19-17-33/h3-13,20,27-28H,2,14-19H2,1H3,(H,32,35). The molecule has 38 heavy (non-hydrogen) atoms. The van der Waals surface area contributed by atoms with Gasteiger partial charge in [0.2, 0.25) is 5.91 Å². The van der Waals surface area contributed by atoms with Crippen LogP contribution in [0.1, 0.15) is 40.4 Å². The minimum absolute atomic E-state index is 0.0699. The van der Waals surface area contributed by atoms with Crippen molar-refractivity contribution in [3.05, 3.63) is 94.5 Å². The average Bonchev–Trinajstić information content (AvgIpc) is 2.93. The second kappa shape index (κ2) is 12.0. The number of morpholine rings is 1. The van der Waals surface area contributed by atoms with Gasteiger partial charge in [0.25, 0.3) is 5.91 Å². The maximum absolute atomic E-state index is 14.0. The molecule has 2 aliphatic heterocycles. The van der Waals surface area contributed by atoms with Crippen molar-refractivity contribution >= 4 is 29.1 Å². The number of amides is 2. The lowest BCUT2D eigenvalue weighted by atomic mass is 9.79. The first-order valence-corrected chi connectivity index (χ1v) is 13.4. The summed E-state index contributed by atoms with van der Waals surface area (Å²) in [5.74, 6) is -0.133. The molecule has 2 heterocycles. The molecule has 2 aliphatic rings. The molecule has 0 radical (unpaired) electrons. The van der Waals surface area contributed by atoms with E-state index >= 15 is 0 Å². The number of benzene rings is 3. The molecule has 0 aliphatic carbocycles. The molecule has 0 spiro atoms. The Labute approximate surface area is 228 Å². The maximum atomic E-state index is 14.0. The van der Waals surface area contributed by atoms with Gasteiger partial charge in [0.1, 0.15) is 5.75 Å². The zero-order valence-electron chi connectivity index (χ0n) is 21.4. The first-order valence-electron chi connectivity index (χ1n) is 13.0. The van der Waals surface area contributed by atoms with Crippen LogP contribution in [0.15, 0.2) is 72.8 Å². The Morgan fingerprint density at radius 3 is 2.53 bits per heavy atom. The number of nitrogens with one attached hydrogen (secondary N) is 1. The van der Waals surface area contributed by atoms with Crippen LogP contribution in [0.25, 0.3) is 0 Å². The predicted molar refractivity (Wildman–Crippen MR) is 148 cm³/mol. The second-order valence-electron chi connectivity index (χ2n) is 9.46. The molecule has 0 bridgehead atoms. The third-order valence-corrected chi connectivity index (χ3v) is 7.34. The van der Waals surface area contributed by atoms with Crippen molar-refractivity contribution in [3.63, 3.8) is 0 Å². The second-order valence-corrected chi connectivity index (χ2v) is 9.90. The molecule has 2 unspecified atom stereocenters. The summed E-state index contributed by atoms with van der Waals surface area (Å²) in [5.41, 5.74) is 2.77. The molecule has 3 aromatic carbocycles. The van der Waals surface area contributed by atoms with Gasteiger partial charge < -0.3 is 19.7 Å². The van der Waals surface area contributed by atoms with Gasteiger partial charge in [-0.1, -0.05) is 48.0 Å². The summed E-state index contributed by atoms with van der Waals surface area (Å²) in [6.07, 6.45) is 0. The van der Waals surface area contributed by atoms with Crippen LogP contribution in [-0.2, 0) is 9.53 Å². The topological polar surface area (TPSA) is 71.1 Å². The van der Waals surface area contributed by atoms with E-state index in [0.717, 1.165) is 30.0 Å². The van der Waals surface area contributed by atoms with Crippen molar-refractivity contribution in [1.29, 1.82) is 0 Å². The molecule has 3 aromatic rings. The van der Waals surface area contributed by atoms with Crippen LogP contribution in [0, 0.1) is 0 Å². The zero-order valence-corrected chi connectivity index (χ0v) is 22.2. The van der Waals surface area contributed by atoms with Crippen LogP contribution in [0.4, 0.5) is 5.69 Å². The molecular weight excluding hydrogens is 502 g/mol. The number of nitrogens with zero attached hydrogens (tertiary/aromatic N) is 2. The molecule has 0 aromatic heterocycles. The Hall–Kier alpha value is -3.39. The summed E-state index contributed by atoms with van der Waals surface area (Å²) in [5, 5.41) is 3.59. The first kappa shape index (κ1) is 26.2. The highest BCUT2D eigenvalue weighted by Crippen LogP contribution is 2.43. The quantitative estimate of drug-likeness (QED) is 0.442. The third kappa shape index (κ3) is 5.70. The van der Waals surface area contributed by atoms with E-state index in [4.69, 9.17) is 21.1 Å². The van der Waals surface area contributed by atoms with Crippen LogP contribution in [0.2, 0.25) is 5.02 Å². The zero-order chi connectivity index (χ0) is 26.5. The van der Waals surface area contributed by atoms with Crippen LogP contribution in [0.5, 0.6) is 5.75 Å². The molecule has 2 atom stereocenters. The summed E-state index contributed by atoms with van der Waals surface area (Å²) in [6.45, 7) is 6.71. The minimum atomic E-state index is -0.620. The summed E-state index contributed by atoms with van der Waals surface area (Å²) in [4.78, 5) is 32.1. The largest absolute Gasteiger partial charge is 0.494 e. The molecular formula is C30H32ClN3O4. The van der Waals surface area contributed by atoms with Crippen molar-refractivity contribution < 1.29 is 19.1 Å². The molecule has 2 amide bonds. The predicted octanol–water partition coefficient (Wildman–Crippen LogP) is 4.99. The van der Waals surface area contributed by atoms with Crippen molar-refractivity contribution in [3.8, 4) is 5.75 Å². The van der Waals surface area contributed by atoms with Gasteiger partial charge in [-0.2, -0.15) is 0 Å². The number of rotatable bonds is 8. The van der Waals surface area contributed by atoms with E-state index < -0.39 is 12.0 Å². The fourth-order valence-electron chi connectivity index (χ4n) is 5.28. The van der Waals surface area contributed by atoms with E-state index in [1.54, 1.807) is 18.2 Å². The SMILES string of the molecule is CCOc1ccc(C2C(C(=O)Nc3cccc(Cl)c3)c3ccccc3C(=O)N2CCN2CCOCC2)cc1. The molecule has 1 fully saturated rings. The lowest BCUT2D eigenvalue weighted by molar-refractivity contribution is -0.119. The van der Waals surface area contributed by atoms with E-state index in [1.807, 2.05) is 66.4 Å². The fourth-order valence-corrected chi connectivity index (χ4v) is 5.47. The number of anilines is 1. The van der Waals surface area contributed by atoms with E-state index in [9.17, 15) is 9.59 Å². The molecule has 5 rings (SSSR count). The van der Waals surface area contributed by atoms with Crippen LogP contribution >= 0.6 is 11.6 Å². The van der Waals surface area contributed by atoms with Crippen molar-refractivity contribution in [2.24, 2.45) is 0 Å². The van der Waals surface area contributed by atoms with Crippen LogP contribution in [0.3, 0.4) is 0 Å². The Kier molecular flexibility index (Phi) is 8.27. The van der Waals surface area contributed by atoms with E-state index in [-0.39, 0.29) is 11.8 Å². The van der Waals surface area contributed by atoms with Crippen molar-refractivity contribution in [1.82, 2.24) is 9.80 Å². The van der Waals surface area contributed by atoms with Crippen LogP contribution in [-0.4, -0.2) is 67.6 Å². The van der Waals surface area contributed by atoms with Gasteiger partial charge in [-0.25, -0.2) is 0 Å². The monoisotopic (exact) mass is 533 g/mol. The normalized spacial score (nSPS) is 19.6. The first-order chi connectivity index (χ1) is 18.5. The summed E-state index contributed by atoms with van der Waals surface area (Å²) < 4.78 is 11.2. The Morgan fingerprint density at radius 2 is 1.79 bits per heavy atom. The summed E-state index contributed by atoms with van der Waals surface area (Å²) >= 11 is 6.19. The van der Waals surface area contributed by atoms with E-state index in [1.165, 1.54) is 0 Å². The average molecular weight is 534 g/mol. The van der Waals surface area contributed by atoms with E-state index in [2.05, 4.69) is 10.2 Å². The number of fused-ring (bicyclic) bond motifs is 1. The third-order valence-electron chi connectivity index (χ3n) is 7.11. The van der Waals surface area contributed by atoms with Gasteiger partial charge in [-0.3, -0.25) is 14.5 Å². The molecule has 1 N–H and O–H groups in total. The molecule has 0 saturated carbocycles. The minimum Gasteiger partial charge on any atom is -0.494 e. The van der Waals surface area contributed by atoms with Crippen LogP contribution < -0.4 is 10.1 Å². The molecule has 1 saturated heterocycles. The smallest absolute Gasteiger partial charge is 0.254 e. The Bertz CT molecular complexity index is 1280. The molecule has 198 valence electrons. The number of halogens is 1. The van der Waals surface area contributed by atoms with Crippen molar-refractivity contribution in [2.45, 2.75) is 18.9 Å². The molecule has 7 nitrogen and oxygen atoms in total. The van der Waals surface area contributed by atoms with Gasteiger partial charge >= 0.3 is 0 Å².